The summed E-state index contributed by atoms with van der Waals surface area (Å²) < 4.78 is 12.7. The molecule has 0 atom stereocenters. The van der Waals surface area contributed by atoms with E-state index in [4.69, 9.17) is 21.1 Å². The van der Waals surface area contributed by atoms with Gasteiger partial charge < -0.3 is 14.5 Å². The third-order valence-corrected chi connectivity index (χ3v) is 7.76. The van der Waals surface area contributed by atoms with E-state index in [1.165, 1.54) is 13.3 Å². The molecule has 0 saturated heterocycles. The molecule has 5 aromatic rings. The Labute approximate surface area is 256 Å². The van der Waals surface area contributed by atoms with Gasteiger partial charge in [-0.25, -0.2) is 10.2 Å². The number of fused-ring (bicyclic) bond motifs is 1. The first-order valence-electron chi connectivity index (χ1n) is 11.9. The van der Waals surface area contributed by atoms with E-state index in [2.05, 4.69) is 54.0 Å². The van der Waals surface area contributed by atoms with Crippen molar-refractivity contribution in [3.8, 4) is 22.6 Å². The maximum atomic E-state index is 13.3. The SMILES string of the molecule is COc1cc(C=NNC(=O)c2[nH]c3c(I)cccc3c2-c2ccccc2Cl)ccc1OC(=O)c1ccc(Br)cc1. The summed E-state index contributed by atoms with van der Waals surface area (Å²) in [5, 5.41) is 5.56. The van der Waals surface area contributed by atoms with Gasteiger partial charge in [-0.15, -0.1) is 0 Å². The zero-order valence-corrected chi connectivity index (χ0v) is 25.4. The number of hydrazone groups is 1. The van der Waals surface area contributed by atoms with Crippen LogP contribution in [0, 0.1) is 3.57 Å². The maximum absolute atomic E-state index is 13.3. The standard InChI is InChI=1S/C30H20BrClIN3O4/c1-39-25-15-17(9-14-24(25)40-30(38)18-10-12-19(31)13-11-18)16-34-36-29(37)28-26(20-5-2-3-7-22(20)32)21-6-4-8-23(33)27(21)35-28/h2-16,35H,1H3,(H,36,37). The molecule has 0 bridgehead atoms. The molecule has 10 heteroatoms. The largest absolute Gasteiger partial charge is 0.493 e. The Hall–Kier alpha value is -3.67. The van der Waals surface area contributed by atoms with Gasteiger partial charge in [0, 0.05) is 29.6 Å². The van der Waals surface area contributed by atoms with Crippen LogP contribution in [0.3, 0.4) is 0 Å². The third-order valence-electron chi connectivity index (χ3n) is 6.00. The van der Waals surface area contributed by atoms with Gasteiger partial charge in [0.25, 0.3) is 5.91 Å². The Morgan fingerprint density at radius 3 is 2.52 bits per heavy atom. The molecule has 5 rings (SSSR count). The number of amides is 1. The van der Waals surface area contributed by atoms with Gasteiger partial charge in [-0.05, 0) is 82.8 Å². The summed E-state index contributed by atoms with van der Waals surface area (Å²) in [6.07, 6.45) is 1.47. The summed E-state index contributed by atoms with van der Waals surface area (Å²) in [5.41, 5.74) is 6.24. The molecule has 0 fully saturated rings. The summed E-state index contributed by atoms with van der Waals surface area (Å²) in [7, 11) is 1.47. The molecule has 0 saturated carbocycles. The van der Waals surface area contributed by atoms with Gasteiger partial charge >= 0.3 is 5.97 Å². The fourth-order valence-corrected chi connectivity index (χ4v) is 5.24. The zero-order valence-electron chi connectivity index (χ0n) is 20.9. The van der Waals surface area contributed by atoms with Crippen LogP contribution >= 0.6 is 50.1 Å². The molecular weight excluding hydrogens is 709 g/mol. The van der Waals surface area contributed by atoms with E-state index in [0.717, 1.165) is 24.5 Å². The number of benzene rings is 4. The summed E-state index contributed by atoms with van der Waals surface area (Å²) in [5.74, 6) is -0.340. The lowest BCUT2D eigenvalue weighted by molar-refractivity contribution is 0.0729. The molecule has 40 heavy (non-hydrogen) atoms. The van der Waals surface area contributed by atoms with Gasteiger partial charge in [0.1, 0.15) is 5.69 Å². The quantitative estimate of drug-likeness (QED) is 0.0588. The molecule has 1 amide bonds. The van der Waals surface area contributed by atoms with E-state index >= 15 is 0 Å². The average Bonchev–Trinajstić information content (AvgIpc) is 3.35. The van der Waals surface area contributed by atoms with Crippen LogP contribution in [0.25, 0.3) is 22.0 Å². The van der Waals surface area contributed by atoms with Crippen LogP contribution in [-0.2, 0) is 0 Å². The zero-order chi connectivity index (χ0) is 28.2. The Morgan fingerprint density at radius 1 is 1.00 bits per heavy atom. The van der Waals surface area contributed by atoms with Crippen LogP contribution in [0.15, 0.2) is 94.5 Å². The molecule has 7 nitrogen and oxygen atoms in total. The number of nitrogens with zero attached hydrogens (tertiary/aromatic N) is 1. The number of carbonyl (C=O) groups excluding carboxylic acids is 2. The van der Waals surface area contributed by atoms with Crippen molar-refractivity contribution in [3.63, 3.8) is 0 Å². The summed E-state index contributed by atoms with van der Waals surface area (Å²) >= 11 is 12.1. The Balaban J connectivity index is 1.37. The lowest BCUT2D eigenvalue weighted by Gasteiger charge is -2.10. The van der Waals surface area contributed by atoms with Gasteiger partial charge in [-0.2, -0.15) is 5.10 Å². The summed E-state index contributed by atoms with van der Waals surface area (Å²) in [4.78, 5) is 29.1. The molecule has 0 aliphatic rings. The number of nitrogens with one attached hydrogen (secondary N) is 2. The number of methoxy groups -OCH3 is 1. The van der Waals surface area contributed by atoms with Crippen molar-refractivity contribution in [2.75, 3.05) is 7.11 Å². The van der Waals surface area contributed by atoms with Gasteiger partial charge in [-0.3, -0.25) is 4.79 Å². The highest BCUT2D eigenvalue weighted by Crippen LogP contribution is 2.38. The number of carbonyl (C=O) groups is 2. The summed E-state index contributed by atoms with van der Waals surface area (Å²) in [6.45, 7) is 0. The molecule has 2 N–H and O–H groups in total. The molecule has 0 spiro atoms. The second-order valence-electron chi connectivity index (χ2n) is 8.52. The van der Waals surface area contributed by atoms with Gasteiger partial charge in [0.15, 0.2) is 11.5 Å². The fraction of sp³-hybridized carbons (Fsp3) is 0.0333. The highest BCUT2D eigenvalue weighted by Gasteiger charge is 2.21. The Bertz CT molecular complexity index is 1770. The molecule has 4 aromatic carbocycles. The number of hydrogen-bond donors (Lipinski definition) is 2. The first-order chi connectivity index (χ1) is 19.4. The molecule has 200 valence electrons. The number of H-pyrrole nitrogens is 1. The molecule has 1 aromatic heterocycles. The van der Waals surface area contributed by atoms with Gasteiger partial charge in [0.2, 0.25) is 0 Å². The van der Waals surface area contributed by atoms with Crippen LogP contribution < -0.4 is 14.9 Å². The van der Waals surface area contributed by atoms with Crippen LogP contribution in [0.5, 0.6) is 11.5 Å². The Kier molecular flexibility index (Phi) is 8.53. The van der Waals surface area contributed by atoms with E-state index in [-0.39, 0.29) is 5.75 Å². The minimum absolute atomic E-state index is 0.258. The number of aromatic amines is 1. The fourth-order valence-electron chi connectivity index (χ4n) is 4.11. The van der Waals surface area contributed by atoms with Crippen molar-refractivity contribution >= 4 is 79.1 Å². The van der Waals surface area contributed by atoms with Crippen LogP contribution in [0.4, 0.5) is 0 Å². The van der Waals surface area contributed by atoms with Gasteiger partial charge in [-0.1, -0.05) is 57.9 Å². The minimum atomic E-state index is -0.512. The molecule has 0 radical (unpaired) electrons. The Morgan fingerprint density at radius 2 is 1.77 bits per heavy atom. The number of halogens is 3. The van der Waals surface area contributed by atoms with Crippen LogP contribution in [0.1, 0.15) is 26.4 Å². The van der Waals surface area contributed by atoms with Crippen molar-refractivity contribution in [1.82, 2.24) is 10.4 Å². The van der Waals surface area contributed by atoms with E-state index < -0.39 is 11.9 Å². The van der Waals surface area contributed by atoms with Crippen LogP contribution in [0.2, 0.25) is 5.02 Å². The van der Waals surface area contributed by atoms with E-state index in [0.29, 0.717) is 33.2 Å². The lowest BCUT2D eigenvalue weighted by Crippen LogP contribution is -2.19. The summed E-state index contributed by atoms with van der Waals surface area (Å²) in [6, 6.07) is 25.0. The molecule has 1 heterocycles. The van der Waals surface area contributed by atoms with Crippen molar-refractivity contribution in [3.05, 3.63) is 115 Å². The number of rotatable bonds is 7. The number of para-hydroxylation sites is 1. The van der Waals surface area contributed by atoms with Crippen molar-refractivity contribution in [2.45, 2.75) is 0 Å². The van der Waals surface area contributed by atoms with Crippen molar-refractivity contribution in [2.24, 2.45) is 5.10 Å². The molecule has 0 aliphatic carbocycles. The number of esters is 1. The third kappa shape index (κ3) is 5.91. The number of ether oxygens (including phenoxy) is 2. The van der Waals surface area contributed by atoms with E-state index in [1.807, 2.05) is 36.4 Å². The average molecular weight is 729 g/mol. The second-order valence-corrected chi connectivity index (χ2v) is 11.0. The van der Waals surface area contributed by atoms with E-state index in [1.54, 1.807) is 48.5 Å². The minimum Gasteiger partial charge on any atom is -0.493 e. The van der Waals surface area contributed by atoms with Crippen molar-refractivity contribution < 1.29 is 19.1 Å². The smallest absolute Gasteiger partial charge is 0.343 e. The van der Waals surface area contributed by atoms with Gasteiger partial charge in [0.05, 0.1) is 24.4 Å². The number of aromatic nitrogens is 1. The molecule has 0 aliphatic heterocycles. The maximum Gasteiger partial charge on any atom is 0.343 e. The first kappa shape index (κ1) is 27.9. The predicted octanol–water partition coefficient (Wildman–Crippen LogP) is 7.85. The number of hydrogen-bond acceptors (Lipinski definition) is 5. The lowest BCUT2D eigenvalue weighted by atomic mass is 10.0. The molecular formula is C30H20BrClIN3O4. The van der Waals surface area contributed by atoms with Crippen LogP contribution in [-0.4, -0.2) is 30.2 Å². The first-order valence-corrected chi connectivity index (χ1v) is 14.1. The predicted molar refractivity (Wildman–Crippen MR) is 169 cm³/mol. The topological polar surface area (TPSA) is 92.8 Å². The monoisotopic (exact) mass is 727 g/mol. The van der Waals surface area contributed by atoms with Crippen molar-refractivity contribution in [1.29, 1.82) is 0 Å². The van der Waals surface area contributed by atoms with E-state index in [9.17, 15) is 9.59 Å². The second kappa shape index (κ2) is 12.2. The highest BCUT2D eigenvalue weighted by atomic mass is 127. The highest BCUT2D eigenvalue weighted by molar-refractivity contribution is 14.1. The normalized spacial score (nSPS) is 11.1. The molecule has 0 unspecified atom stereocenters.